The molecule has 1 fully saturated rings. The molecule has 0 unspecified atom stereocenters. The molecule has 6 nitrogen and oxygen atoms in total. The number of carbonyl (C=O) groups is 3. The number of amides is 3. The van der Waals surface area contributed by atoms with Crippen molar-refractivity contribution < 1.29 is 14.4 Å². The van der Waals surface area contributed by atoms with Gasteiger partial charge in [-0.05, 0) is 43.3 Å². The van der Waals surface area contributed by atoms with Crippen LogP contribution in [0, 0.1) is 0 Å². The van der Waals surface area contributed by atoms with Gasteiger partial charge >= 0.3 is 0 Å². The smallest absolute Gasteiger partial charge is 0.294 e. The maximum absolute atomic E-state index is 12.2. The predicted octanol–water partition coefficient (Wildman–Crippen LogP) is 4.32. The second kappa shape index (κ2) is 8.24. The van der Waals surface area contributed by atoms with E-state index in [0.29, 0.717) is 21.5 Å². The molecule has 1 N–H and O–H groups in total. The van der Waals surface area contributed by atoms with Crippen LogP contribution in [-0.2, 0) is 16.0 Å². The molecule has 2 heterocycles. The number of carbonyl (C=O) groups excluding carboxylic acids is 3. The number of rotatable bonds is 5. The van der Waals surface area contributed by atoms with Gasteiger partial charge in [0.25, 0.3) is 11.1 Å². The number of thioether (sulfide) groups is 1. The fourth-order valence-electron chi connectivity index (χ4n) is 2.40. The standard InChI is InChI=1S/C18H16ClN3O3S2/c1-10(2)15-16(24)22(18(25)27-15)9-14(23)21-17-20-8-13(26-17)7-11-3-5-12(19)6-4-11/h3-6,8H,7,9H2,1-2H3,(H,20,21,23). The zero-order valence-electron chi connectivity index (χ0n) is 14.6. The summed E-state index contributed by atoms with van der Waals surface area (Å²) >= 11 is 8.08. The molecule has 1 aromatic heterocycles. The van der Waals surface area contributed by atoms with Gasteiger partial charge in [-0.3, -0.25) is 19.3 Å². The molecule has 1 saturated heterocycles. The minimum atomic E-state index is -0.459. The van der Waals surface area contributed by atoms with Crippen molar-refractivity contribution in [1.29, 1.82) is 0 Å². The molecule has 140 valence electrons. The predicted molar refractivity (Wildman–Crippen MR) is 108 cm³/mol. The molecule has 2 aromatic rings. The summed E-state index contributed by atoms with van der Waals surface area (Å²) in [7, 11) is 0. The first-order valence-electron chi connectivity index (χ1n) is 8.03. The fraction of sp³-hybridized carbons (Fsp3) is 0.222. The topological polar surface area (TPSA) is 79.4 Å². The Morgan fingerprint density at radius 1 is 1.22 bits per heavy atom. The summed E-state index contributed by atoms with van der Waals surface area (Å²) in [4.78, 5) is 42.9. The number of anilines is 1. The molecule has 3 amide bonds. The average molecular weight is 422 g/mol. The Hall–Kier alpha value is -2.16. The molecule has 0 bridgehead atoms. The lowest BCUT2D eigenvalue weighted by Gasteiger charge is -2.11. The molecular formula is C18H16ClN3O3S2. The van der Waals surface area contributed by atoms with Gasteiger partial charge in [0.1, 0.15) is 6.54 Å². The Balaban J connectivity index is 1.60. The number of thiazole rings is 1. The lowest BCUT2D eigenvalue weighted by Crippen LogP contribution is -2.36. The molecular weight excluding hydrogens is 406 g/mol. The van der Waals surface area contributed by atoms with E-state index in [-0.39, 0.29) is 6.54 Å². The Morgan fingerprint density at radius 2 is 1.93 bits per heavy atom. The first-order valence-corrected chi connectivity index (χ1v) is 10.0. The number of imide groups is 1. The van der Waals surface area contributed by atoms with Crippen LogP contribution in [0.2, 0.25) is 5.02 Å². The second-order valence-electron chi connectivity index (χ2n) is 6.07. The Labute approximate surface area is 169 Å². The molecule has 0 spiro atoms. The van der Waals surface area contributed by atoms with Crippen LogP contribution in [0.25, 0.3) is 0 Å². The quantitative estimate of drug-likeness (QED) is 0.727. The summed E-state index contributed by atoms with van der Waals surface area (Å²) < 4.78 is 0. The van der Waals surface area contributed by atoms with Crippen molar-refractivity contribution in [2.24, 2.45) is 0 Å². The first-order chi connectivity index (χ1) is 12.8. The molecule has 1 aliphatic heterocycles. The van der Waals surface area contributed by atoms with Gasteiger partial charge in [-0.25, -0.2) is 4.98 Å². The van der Waals surface area contributed by atoms with Crippen molar-refractivity contribution in [3.8, 4) is 0 Å². The van der Waals surface area contributed by atoms with E-state index in [1.807, 2.05) is 24.3 Å². The maximum atomic E-state index is 12.2. The average Bonchev–Trinajstić information content (AvgIpc) is 3.16. The molecule has 1 aromatic carbocycles. The van der Waals surface area contributed by atoms with Crippen molar-refractivity contribution in [3.05, 3.63) is 56.4 Å². The van der Waals surface area contributed by atoms with E-state index in [1.165, 1.54) is 11.3 Å². The summed E-state index contributed by atoms with van der Waals surface area (Å²) in [5, 5.41) is 3.32. The number of hydrogen-bond donors (Lipinski definition) is 1. The van der Waals surface area contributed by atoms with Gasteiger partial charge in [0, 0.05) is 22.5 Å². The summed E-state index contributed by atoms with van der Waals surface area (Å²) in [6.45, 7) is 3.19. The monoisotopic (exact) mass is 421 g/mol. The van der Waals surface area contributed by atoms with Crippen molar-refractivity contribution in [3.63, 3.8) is 0 Å². The van der Waals surface area contributed by atoms with Crippen LogP contribution in [-0.4, -0.2) is 33.5 Å². The summed E-state index contributed by atoms with van der Waals surface area (Å²) in [6, 6.07) is 7.51. The second-order valence-corrected chi connectivity index (χ2v) is 8.58. The number of nitrogens with one attached hydrogen (secondary N) is 1. The van der Waals surface area contributed by atoms with E-state index in [4.69, 9.17) is 11.6 Å². The highest BCUT2D eigenvalue weighted by Crippen LogP contribution is 2.32. The zero-order chi connectivity index (χ0) is 19.6. The number of aromatic nitrogens is 1. The van der Waals surface area contributed by atoms with E-state index < -0.39 is 17.1 Å². The van der Waals surface area contributed by atoms with Gasteiger partial charge in [0.15, 0.2) is 5.13 Å². The fourth-order valence-corrected chi connectivity index (χ4v) is 4.22. The first kappa shape index (κ1) is 19.6. The molecule has 0 aliphatic carbocycles. The van der Waals surface area contributed by atoms with E-state index >= 15 is 0 Å². The van der Waals surface area contributed by atoms with E-state index in [0.717, 1.165) is 32.7 Å². The number of halogens is 1. The van der Waals surface area contributed by atoms with E-state index in [9.17, 15) is 14.4 Å². The van der Waals surface area contributed by atoms with Gasteiger partial charge < -0.3 is 5.32 Å². The molecule has 9 heteroatoms. The maximum Gasteiger partial charge on any atom is 0.294 e. The number of allylic oxidation sites excluding steroid dienone is 1. The minimum Gasteiger partial charge on any atom is -0.300 e. The zero-order valence-corrected chi connectivity index (χ0v) is 17.0. The van der Waals surface area contributed by atoms with Crippen molar-refractivity contribution >= 4 is 56.9 Å². The van der Waals surface area contributed by atoms with Crippen molar-refractivity contribution in [2.75, 3.05) is 11.9 Å². The molecule has 0 radical (unpaired) electrons. The number of nitrogens with zero attached hydrogens (tertiary/aromatic N) is 2. The molecule has 0 atom stereocenters. The van der Waals surface area contributed by atoms with E-state index in [2.05, 4.69) is 10.3 Å². The van der Waals surface area contributed by atoms with Crippen LogP contribution < -0.4 is 5.32 Å². The Morgan fingerprint density at radius 3 is 2.56 bits per heavy atom. The third-order valence-electron chi connectivity index (χ3n) is 3.70. The highest BCUT2D eigenvalue weighted by Gasteiger charge is 2.36. The lowest BCUT2D eigenvalue weighted by molar-refractivity contribution is -0.127. The van der Waals surface area contributed by atoms with Crippen molar-refractivity contribution in [2.45, 2.75) is 20.3 Å². The summed E-state index contributed by atoms with van der Waals surface area (Å²) in [6.07, 6.45) is 2.37. The van der Waals surface area contributed by atoms with Crippen LogP contribution in [0.5, 0.6) is 0 Å². The van der Waals surface area contributed by atoms with Crippen molar-refractivity contribution in [1.82, 2.24) is 9.88 Å². The van der Waals surface area contributed by atoms with Gasteiger partial charge in [-0.2, -0.15) is 0 Å². The summed E-state index contributed by atoms with van der Waals surface area (Å²) in [5.74, 6) is -0.887. The van der Waals surface area contributed by atoms with Crippen LogP contribution in [0.1, 0.15) is 24.3 Å². The number of benzene rings is 1. The highest BCUT2D eigenvalue weighted by molar-refractivity contribution is 8.18. The van der Waals surface area contributed by atoms with Gasteiger partial charge in [0.2, 0.25) is 5.91 Å². The molecule has 1 aliphatic rings. The van der Waals surface area contributed by atoms with Crippen LogP contribution >= 0.6 is 34.7 Å². The van der Waals surface area contributed by atoms with Gasteiger partial charge in [0.05, 0.1) is 4.91 Å². The van der Waals surface area contributed by atoms with Gasteiger partial charge in [-0.1, -0.05) is 29.3 Å². The Bertz CT molecular complexity index is 934. The van der Waals surface area contributed by atoms with Crippen LogP contribution in [0.4, 0.5) is 9.93 Å². The van der Waals surface area contributed by atoms with Crippen LogP contribution in [0.3, 0.4) is 0 Å². The normalized spacial score (nSPS) is 14.0. The van der Waals surface area contributed by atoms with Gasteiger partial charge in [-0.15, -0.1) is 11.3 Å². The lowest BCUT2D eigenvalue weighted by atomic mass is 10.1. The highest BCUT2D eigenvalue weighted by atomic mass is 35.5. The molecule has 3 rings (SSSR count). The van der Waals surface area contributed by atoms with E-state index in [1.54, 1.807) is 20.0 Å². The third-order valence-corrected chi connectivity index (χ3v) is 6.04. The largest absolute Gasteiger partial charge is 0.300 e. The molecule has 0 saturated carbocycles. The van der Waals surface area contributed by atoms with Crippen LogP contribution in [0.15, 0.2) is 40.9 Å². The summed E-state index contributed by atoms with van der Waals surface area (Å²) in [5.41, 5.74) is 1.84. The third kappa shape index (κ3) is 4.77. The minimum absolute atomic E-state index is 0.326. The SMILES string of the molecule is CC(C)=C1SC(=O)N(CC(=O)Nc2ncc(Cc3ccc(Cl)cc3)s2)C1=O. The molecule has 27 heavy (non-hydrogen) atoms. The number of hydrogen-bond acceptors (Lipinski definition) is 6. The Kier molecular flexibility index (Phi) is 5.98.